The second-order valence-corrected chi connectivity index (χ2v) is 8.42. The van der Waals surface area contributed by atoms with Crippen molar-refractivity contribution in [1.82, 2.24) is 5.32 Å². The van der Waals surface area contributed by atoms with E-state index in [1.165, 1.54) is 12.1 Å². The number of aliphatic hydroxyl groups excluding tert-OH is 5. The zero-order chi connectivity index (χ0) is 24.8. The van der Waals surface area contributed by atoms with Gasteiger partial charge in [-0.2, -0.15) is 13.2 Å². The predicted octanol–water partition coefficient (Wildman–Crippen LogP) is 0.534. The fourth-order valence-electron chi connectivity index (χ4n) is 4.40. The second kappa shape index (κ2) is 9.25. The van der Waals surface area contributed by atoms with Crippen LogP contribution in [0, 0.1) is 0 Å². The SMILES string of the molecule is O=C1NCCc2ccc(-c3ccc([C@H](O)[C@H]4O[C@H](CO)[C@@H](O)[C@H](O)[C@@H]4O)c(C(F)(F)F)c3)cc21. The van der Waals surface area contributed by atoms with Crippen LogP contribution in [-0.4, -0.2) is 75.1 Å². The van der Waals surface area contributed by atoms with Crippen LogP contribution < -0.4 is 5.32 Å². The summed E-state index contributed by atoms with van der Waals surface area (Å²) in [5.74, 6) is -0.311. The molecule has 2 heterocycles. The van der Waals surface area contributed by atoms with Crippen LogP contribution in [0.2, 0.25) is 0 Å². The predicted molar refractivity (Wildman–Crippen MR) is 112 cm³/mol. The van der Waals surface area contributed by atoms with E-state index in [1.807, 2.05) is 0 Å². The second-order valence-electron chi connectivity index (χ2n) is 8.42. The summed E-state index contributed by atoms with van der Waals surface area (Å²) in [5.41, 5.74) is -0.123. The van der Waals surface area contributed by atoms with Gasteiger partial charge < -0.3 is 35.6 Å². The van der Waals surface area contributed by atoms with E-state index in [0.29, 0.717) is 24.1 Å². The molecule has 2 aliphatic rings. The zero-order valence-electron chi connectivity index (χ0n) is 17.7. The molecule has 8 nitrogen and oxygen atoms in total. The fraction of sp³-hybridized carbons (Fsp3) is 0.435. The van der Waals surface area contributed by atoms with Gasteiger partial charge in [0, 0.05) is 12.1 Å². The maximum absolute atomic E-state index is 14.0. The molecule has 0 spiro atoms. The number of rotatable bonds is 4. The molecule has 1 amide bonds. The molecule has 184 valence electrons. The summed E-state index contributed by atoms with van der Waals surface area (Å²) in [7, 11) is 0. The van der Waals surface area contributed by atoms with Gasteiger partial charge in [-0.05, 0) is 40.8 Å². The van der Waals surface area contributed by atoms with Crippen molar-refractivity contribution in [2.24, 2.45) is 0 Å². The third-order valence-electron chi connectivity index (χ3n) is 6.29. The summed E-state index contributed by atoms with van der Waals surface area (Å²) in [6, 6.07) is 8.00. The van der Waals surface area contributed by atoms with E-state index >= 15 is 0 Å². The summed E-state index contributed by atoms with van der Waals surface area (Å²) in [4.78, 5) is 12.1. The largest absolute Gasteiger partial charge is 0.416 e. The average Bonchev–Trinajstić information content (AvgIpc) is 2.81. The minimum atomic E-state index is -4.90. The molecule has 34 heavy (non-hydrogen) atoms. The third kappa shape index (κ3) is 4.42. The molecule has 2 aromatic rings. The number of aliphatic hydroxyl groups is 5. The number of fused-ring (bicyclic) bond motifs is 1. The Hall–Kier alpha value is -2.54. The lowest BCUT2D eigenvalue weighted by atomic mass is 9.87. The molecule has 0 radical (unpaired) electrons. The maximum Gasteiger partial charge on any atom is 0.416 e. The molecule has 0 aliphatic carbocycles. The van der Waals surface area contributed by atoms with Crippen molar-refractivity contribution in [1.29, 1.82) is 0 Å². The molecular weight excluding hydrogens is 459 g/mol. The van der Waals surface area contributed by atoms with Crippen molar-refractivity contribution in [2.75, 3.05) is 13.2 Å². The summed E-state index contributed by atoms with van der Waals surface area (Å²) < 4.78 is 47.2. The lowest BCUT2D eigenvalue weighted by Crippen LogP contribution is -2.60. The van der Waals surface area contributed by atoms with Gasteiger partial charge in [-0.15, -0.1) is 0 Å². The highest BCUT2D eigenvalue weighted by molar-refractivity contribution is 5.98. The number of alkyl halides is 3. The Balaban J connectivity index is 1.72. The molecule has 2 aliphatic heterocycles. The van der Waals surface area contributed by atoms with Crippen molar-refractivity contribution < 1.29 is 48.2 Å². The highest BCUT2D eigenvalue weighted by Gasteiger charge is 2.48. The molecule has 0 unspecified atom stereocenters. The molecule has 4 rings (SSSR count). The van der Waals surface area contributed by atoms with Crippen LogP contribution in [-0.2, 0) is 17.3 Å². The lowest BCUT2D eigenvalue weighted by Gasteiger charge is -2.42. The summed E-state index contributed by atoms with van der Waals surface area (Å²) in [6.45, 7) is -0.306. The van der Waals surface area contributed by atoms with E-state index < -0.39 is 60.5 Å². The molecule has 11 heteroatoms. The first-order chi connectivity index (χ1) is 16.0. The van der Waals surface area contributed by atoms with Gasteiger partial charge in [0.25, 0.3) is 5.91 Å². The quantitative estimate of drug-likeness (QED) is 0.373. The van der Waals surface area contributed by atoms with Gasteiger partial charge in [0.15, 0.2) is 0 Å². The summed E-state index contributed by atoms with van der Waals surface area (Å²) in [6.07, 6.45) is -14.9. The van der Waals surface area contributed by atoms with E-state index in [0.717, 1.165) is 17.7 Å². The topological polar surface area (TPSA) is 139 Å². The molecule has 1 fully saturated rings. The van der Waals surface area contributed by atoms with E-state index in [9.17, 15) is 43.5 Å². The molecule has 6 N–H and O–H groups in total. The van der Waals surface area contributed by atoms with Crippen molar-refractivity contribution in [3.63, 3.8) is 0 Å². The number of benzene rings is 2. The van der Waals surface area contributed by atoms with Gasteiger partial charge in [-0.1, -0.05) is 24.3 Å². The molecule has 0 bridgehead atoms. The Kier molecular flexibility index (Phi) is 6.69. The van der Waals surface area contributed by atoms with Crippen molar-refractivity contribution in [2.45, 2.75) is 49.2 Å². The fourth-order valence-corrected chi connectivity index (χ4v) is 4.40. The van der Waals surface area contributed by atoms with Crippen LogP contribution in [0.15, 0.2) is 36.4 Å². The molecule has 6 atom stereocenters. The Morgan fingerprint density at radius 2 is 1.71 bits per heavy atom. The minimum Gasteiger partial charge on any atom is -0.394 e. The number of carbonyl (C=O) groups excluding carboxylic acids is 1. The normalized spacial score (nSPS) is 28.2. The van der Waals surface area contributed by atoms with Gasteiger partial charge in [-0.3, -0.25) is 4.79 Å². The Morgan fingerprint density at radius 1 is 1.03 bits per heavy atom. The number of nitrogens with one attached hydrogen (secondary N) is 1. The van der Waals surface area contributed by atoms with Gasteiger partial charge in [0.05, 0.1) is 12.2 Å². The Bertz CT molecular complexity index is 1080. The van der Waals surface area contributed by atoms with E-state index in [1.54, 1.807) is 12.1 Å². The molecule has 0 aromatic heterocycles. The lowest BCUT2D eigenvalue weighted by molar-refractivity contribution is -0.250. The van der Waals surface area contributed by atoms with Crippen LogP contribution in [0.25, 0.3) is 11.1 Å². The highest BCUT2D eigenvalue weighted by atomic mass is 19.4. The number of amides is 1. The van der Waals surface area contributed by atoms with E-state index in [-0.39, 0.29) is 11.5 Å². The van der Waals surface area contributed by atoms with Crippen LogP contribution in [0.4, 0.5) is 13.2 Å². The summed E-state index contributed by atoms with van der Waals surface area (Å²) in [5, 5.41) is 52.8. The third-order valence-corrected chi connectivity index (χ3v) is 6.29. The van der Waals surface area contributed by atoms with E-state index in [4.69, 9.17) is 4.74 Å². The monoisotopic (exact) mass is 483 g/mol. The standard InChI is InChI=1S/C23H24F3NO7/c24-23(25,26)15-8-12(11-2-1-10-5-6-27-22(33)14(10)7-11)3-4-13(15)17(29)21-20(32)19(31)18(30)16(9-28)34-21/h1-4,7-8,16-21,28-32H,5-6,9H2,(H,27,33)/t16-,17+,18-,19+,20+,21-/m1/s1. The van der Waals surface area contributed by atoms with Crippen molar-refractivity contribution >= 4 is 5.91 Å². The first-order valence-electron chi connectivity index (χ1n) is 10.6. The smallest absolute Gasteiger partial charge is 0.394 e. The van der Waals surface area contributed by atoms with Gasteiger partial charge >= 0.3 is 6.18 Å². The minimum absolute atomic E-state index is 0.151. The molecule has 2 aromatic carbocycles. The van der Waals surface area contributed by atoms with Gasteiger partial charge in [-0.25, -0.2) is 0 Å². The van der Waals surface area contributed by atoms with Crippen LogP contribution in [0.5, 0.6) is 0 Å². The number of hydrogen-bond donors (Lipinski definition) is 6. The van der Waals surface area contributed by atoms with Crippen molar-refractivity contribution in [3.05, 3.63) is 58.7 Å². The molecule has 0 saturated carbocycles. The number of halogens is 3. The maximum atomic E-state index is 14.0. The Morgan fingerprint density at radius 3 is 2.38 bits per heavy atom. The van der Waals surface area contributed by atoms with E-state index in [2.05, 4.69) is 5.32 Å². The molecule has 1 saturated heterocycles. The molecular formula is C23H24F3NO7. The van der Waals surface area contributed by atoms with Crippen LogP contribution >= 0.6 is 0 Å². The number of carbonyl (C=O) groups is 1. The number of ether oxygens (including phenoxy) is 1. The number of hydrogen-bond acceptors (Lipinski definition) is 7. The Labute approximate surface area is 192 Å². The first-order valence-corrected chi connectivity index (χ1v) is 10.6. The highest BCUT2D eigenvalue weighted by Crippen LogP contribution is 2.40. The first kappa shape index (κ1) is 24.6. The van der Waals surface area contributed by atoms with Crippen molar-refractivity contribution in [3.8, 4) is 11.1 Å². The average molecular weight is 483 g/mol. The summed E-state index contributed by atoms with van der Waals surface area (Å²) >= 11 is 0. The zero-order valence-corrected chi connectivity index (χ0v) is 17.7. The van der Waals surface area contributed by atoms with Gasteiger partial charge in [0.2, 0.25) is 0 Å². The van der Waals surface area contributed by atoms with Crippen LogP contribution in [0.3, 0.4) is 0 Å². The van der Waals surface area contributed by atoms with Gasteiger partial charge in [0.1, 0.15) is 36.6 Å². The van der Waals surface area contributed by atoms with Crippen LogP contribution in [0.1, 0.15) is 33.2 Å².